The fourth-order valence-corrected chi connectivity index (χ4v) is 3.94. The third-order valence-corrected chi connectivity index (χ3v) is 5.24. The standard InChI is InChI=1S/C20H21O3P/c1-2-20(16-10-5-11-17-20)23-24(21-18-12-6-3-7-13-18)22-19-14-8-4-9-15-19/h1,3-4,6-9,12-15H,5,10-11,16-17H2. The van der Waals surface area contributed by atoms with Crippen LogP contribution in [-0.2, 0) is 4.52 Å². The SMILES string of the molecule is C#CC1(OP(Oc2ccccc2)Oc2ccccc2)CCCCC1. The molecule has 0 N–H and O–H groups in total. The molecular weight excluding hydrogens is 319 g/mol. The molecule has 0 aromatic heterocycles. The topological polar surface area (TPSA) is 27.7 Å². The van der Waals surface area contributed by atoms with Gasteiger partial charge < -0.3 is 9.05 Å². The van der Waals surface area contributed by atoms with Gasteiger partial charge in [-0.05, 0) is 49.9 Å². The Balaban J connectivity index is 1.77. The van der Waals surface area contributed by atoms with E-state index >= 15 is 0 Å². The summed E-state index contributed by atoms with van der Waals surface area (Å²) in [7, 11) is -1.63. The lowest BCUT2D eigenvalue weighted by Crippen LogP contribution is -2.32. The van der Waals surface area contributed by atoms with Gasteiger partial charge in [0, 0.05) is 0 Å². The van der Waals surface area contributed by atoms with Crippen LogP contribution in [0.1, 0.15) is 32.1 Å². The molecule has 0 heterocycles. The zero-order valence-corrected chi connectivity index (χ0v) is 14.5. The summed E-state index contributed by atoms with van der Waals surface area (Å²) >= 11 is 0. The van der Waals surface area contributed by atoms with E-state index in [0.29, 0.717) is 11.5 Å². The molecule has 4 heteroatoms. The second kappa shape index (κ2) is 8.20. The van der Waals surface area contributed by atoms with Crippen LogP contribution >= 0.6 is 8.60 Å². The van der Waals surface area contributed by atoms with E-state index in [9.17, 15) is 0 Å². The first-order chi connectivity index (χ1) is 11.8. The molecule has 3 nitrogen and oxygen atoms in total. The van der Waals surface area contributed by atoms with Gasteiger partial charge in [0.15, 0.2) is 0 Å². The van der Waals surface area contributed by atoms with Crippen LogP contribution in [0, 0.1) is 12.3 Å². The largest absolute Gasteiger partial charge is 0.464 e. The smallest absolute Gasteiger partial charge is 0.418 e. The van der Waals surface area contributed by atoms with Gasteiger partial charge in [-0.15, -0.1) is 6.42 Å². The van der Waals surface area contributed by atoms with Crippen molar-refractivity contribution in [2.75, 3.05) is 0 Å². The van der Waals surface area contributed by atoms with E-state index in [1.165, 1.54) is 6.42 Å². The number of hydrogen-bond donors (Lipinski definition) is 0. The molecule has 2 aromatic carbocycles. The Morgan fingerprint density at radius 1 is 0.792 bits per heavy atom. The van der Waals surface area contributed by atoms with E-state index in [0.717, 1.165) is 25.7 Å². The first-order valence-electron chi connectivity index (χ1n) is 8.23. The molecule has 0 unspecified atom stereocenters. The number of benzene rings is 2. The molecule has 1 aliphatic carbocycles. The molecule has 0 amide bonds. The number of rotatable bonds is 6. The molecule has 1 fully saturated rings. The van der Waals surface area contributed by atoms with Gasteiger partial charge in [-0.3, -0.25) is 4.52 Å². The lowest BCUT2D eigenvalue weighted by molar-refractivity contribution is 0.0763. The third-order valence-electron chi connectivity index (χ3n) is 4.02. The van der Waals surface area contributed by atoms with E-state index < -0.39 is 14.2 Å². The number of hydrogen-bond acceptors (Lipinski definition) is 3. The average Bonchev–Trinajstić information content (AvgIpc) is 2.64. The van der Waals surface area contributed by atoms with Gasteiger partial charge in [0.1, 0.15) is 17.1 Å². The predicted octanol–water partition coefficient (Wildman–Crippen LogP) is 5.72. The van der Waals surface area contributed by atoms with Crippen molar-refractivity contribution in [1.29, 1.82) is 0 Å². The van der Waals surface area contributed by atoms with Gasteiger partial charge in [0.05, 0.1) is 0 Å². The van der Waals surface area contributed by atoms with Crippen LogP contribution in [0.2, 0.25) is 0 Å². The summed E-state index contributed by atoms with van der Waals surface area (Å²) < 4.78 is 18.2. The van der Waals surface area contributed by atoms with Crippen molar-refractivity contribution in [2.24, 2.45) is 0 Å². The zero-order valence-electron chi connectivity index (χ0n) is 13.6. The fourth-order valence-electron chi connectivity index (χ4n) is 2.72. The highest BCUT2D eigenvalue weighted by molar-refractivity contribution is 7.42. The molecule has 0 aliphatic heterocycles. The summed E-state index contributed by atoms with van der Waals surface area (Å²) in [6.45, 7) is 0. The third kappa shape index (κ3) is 4.51. The van der Waals surface area contributed by atoms with Gasteiger partial charge in [-0.2, -0.15) is 0 Å². The molecule has 0 atom stereocenters. The molecule has 3 rings (SSSR count). The second-order valence-corrected chi connectivity index (χ2v) is 6.82. The first-order valence-corrected chi connectivity index (χ1v) is 9.32. The lowest BCUT2D eigenvalue weighted by atomic mass is 9.86. The van der Waals surface area contributed by atoms with Crippen molar-refractivity contribution < 1.29 is 13.6 Å². The van der Waals surface area contributed by atoms with Crippen molar-refractivity contribution in [3.63, 3.8) is 0 Å². The van der Waals surface area contributed by atoms with E-state index in [1.54, 1.807) is 0 Å². The van der Waals surface area contributed by atoms with E-state index in [2.05, 4.69) is 5.92 Å². The average molecular weight is 340 g/mol. The molecule has 24 heavy (non-hydrogen) atoms. The Labute approximate surface area is 145 Å². The molecule has 0 bridgehead atoms. The minimum Gasteiger partial charge on any atom is -0.418 e. The predicted molar refractivity (Wildman–Crippen MR) is 96.8 cm³/mol. The highest BCUT2D eigenvalue weighted by Crippen LogP contribution is 2.48. The van der Waals surface area contributed by atoms with Crippen LogP contribution in [0.15, 0.2) is 60.7 Å². The molecule has 0 spiro atoms. The van der Waals surface area contributed by atoms with Crippen LogP contribution < -0.4 is 9.05 Å². The molecule has 0 saturated heterocycles. The molecule has 0 radical (unpaired) electrons. The number of para-hydroxylation sites is 2. The summed E-state index contributed by atoms with van der Waals surface area (Å²) in [5.41, 5.74) is -0.590. The summed E-state index contributed by atoms with van der Waals surface area (Å²) in [5.74, 6) is 4.27. The van der Waals surface area contributed by atoms with Gasteiger partial charge >= 0.3 is 8.60 Å². The van der Waals surface area contributed by atoms with Crippen molar-refractivity contribution in [3.05, 3.63) is 60.7 Å². The van der Waals surface area contributed by atoms with Gasteiger partial charge in [0.2, 0.25) is 0 Å². The Bertz CT molecular complexity index is 619. The Morgan fingerprint density at radius 2 is 1.29 bits per heavy atom. The summed E-state index contributed by atoms with van der Waals surface area (Å²) in [5, 5.41) is 0. The van der Waals surface area contributed by atoms with Crippen LogP contribution in [-0.4, -0.2) is 5.60 Å². The Hall–Kier alpha value is -2.01. The summed E-state index contributed by atoms with van der Waals surface area (Å²) in [6, 6.07) is 19.1. The Morgan fingerprint density at radius 3 is 1.75 bits per heavy atom. The molecule has 1 saturated carbocycles. The monoisotopic (exact) mass is 340 g/mol. The molecule has 124 valence electrons. The first kappa shape index (κ1) is 16.8. The van der Waals surface area contributed by atoms with Crippen LogP contribution in [0.25, 0.3) is 0 Å². The molecular formula is C20H21O3P. The quantitative estimate of drug-likeness (QED) is 0.497. The van der Waals surface area contributed by atoms with Crippen molar-refractivity contribution >= 4 is 8.60 Å². The highest BCUT2D eigenvalue weighted by atomic mass is 31.2. The lowest BCUT2D eigenvalue weighted by Gasteiger charge is -2.33. The van der Waals surface area contributed by atoms with E-state index in [-0.39, 0.29) is 0 Å². The van der Waals surface area contributed by atoms with Crippen molar-refractivity contribution in [3.8, 4) is 23.8 Å². The normalized spacial score (nSPS) is 16.3. The van der Waals surface area contributed by atoms with Crippen molar-refractivity contribution in [1.82, 2.24) is 0 Å². The fraction of sp³-hybridized carbons (Fsp3) is 0.300. The van der Waals surface area contributed by atoms with E-state index in [4.69, 9.17) is 20.0 Å². The maximum absolute atomic E-state index is 6.22. The second-order valence-electron chi connectivity index (χ2n) is 5.82. The summed E-state index contributed by atoms with van der Waals surface area (Å²) in [6.07, 6.45) is 10.8. The minimum atomic E-state index is -1.63. The van der Waals surface area contributed by atoms with E-state index in [1.807, 2.05) is 60.7 Å². The van der Waals surface area contributed by atoms with Crippen LogP contribution in [0.5, 0.6) is 11.5 Å². The maximum Gasteiger partial charge on any atom is 0.464 e. The van der Waals surface area contributed by atoms with Gasteiger partial charge in [-0.25, -0.2) is 0 Å². The van der Waals surface area contributed by atoms with Gasteiger partial charge in [0.25, 0.3) is 0 Å². The Kier molecular flexibility index (Phi) is 5.75. The van der Waals surface area contributed by atoms with Crippen LogP contribution in [0.4, 0.5) is 0 Å². The minimum absolute atomic E-state index is 0.590. The summed E-state index contributed by atoms with van der Waals surface area (Å²) in [4.78, 5) is 0. The highest BCUT2D eigenvalue weighted by Gasteiger charge is 2.37. The zero-order chi connectivity index (χ0) is 16.7. The van der Waals surface area contributed by atoms with Crippen molar-refractivity contribution in [2.45, 2.75) is 37.7 Å². The molecule has 2 aromatic rings. The molecule has 1 aliphatic rings. The number of terminal acetylenes is 1. The van der Waals surface area contributed by atoms with Gasteiger partial charge in [-0.1, -0.05) is 48.7 Å². The van der Waals surface area contributed by atoms with Crippen LogP contribution in [0.3, 0.4) is 0 Å². The maximum atomic E-state index is 6.22.